The minimum absolute atomic E-state index is 0.0576. The Morgan fingerprint density at radius 3 is 2.95 bits per heavy atom. The lowest BCUT2D eigenvalue weighted by molar-refractivity contribution is 0.205. The lowest BCUT2D eigenvalue weighted by Crippen LogP contribution is -2.40. The molecule has 0 aromatic carbocycles. The molecule has 2 heterocycles. The van der Waals surface area contributed by atoms with E-state index >= 15 is 0 Å². The summed E-state index contributed by atoms with van der Waals surface area (Å²) in [5, 5.41) is 11.3. The smallest absolute Gasteiger partial charge is 0.317 e. The van der Waals surface area contributed by atoms with Crippen molar-refractivity contribution in [3.8, 4) is 0 Å². The van der Waals surface area contributed by atoms with Gasteiger partial charge in [-0.1, -0.05) is 13.8 Å². The van der Waals surface area contributed by atoms with E-state index in [2.05, 4.69) is 33.9 Å². The molecule has 1 saturated carbocycles. The second-order valence-corrected chi connectivity index (χ2v) is 6.34. The molecule has 1 aromatic heterocycles. The SMILES string of the molecule is CC(C)CNC(=O)N1CCC(n2cnnc2C2CC2)C1. The Kier molecular flexibility index (Phi) is 3.63. The van der Waals surface area contributed by atoms with E-state index < -0.39 is 0 Å². The quantitative estimate of drug-likeness (QED) is 0.912. The first-order valence-corrected chi connectivity index (χ1v) is 7.57. The van der Waals surface area contributed by atoms with Crippen LogP contribution in [0, 0.1) is 5.92 Å². The van der Waals surface area contributed by atoms with E-state index in [4.69, 9.17) is 0 Å². The second-order valence-electron chi connectivity index (χ2n) is 6.34. The minimum Gasteiger partial charge on any atom is -0.338 e. The van der Waals surface area contributed by atoms with Crippen LogP contribution in [-0.4, -0.2) is 45.3 Å². The third-order valence-corrected chi connectivity index (χ3v) is 4.05. The van der Waals surface area contributed by atoms with Crippen LogP contribution >= 0.6 is 0 Å². The van der Waals surface area contributed by atoms with Crippen LogP contribution in [0.5, 0.6) is 0 Å². The van der Waals surface area contributed by atoms with Crippen molar-refractivity contribution in [2.24, 2.45) is 5.92 Å². The lowest BCUT2D eigenvalue weighted by Gasteiger charge is -2.19. The van der Waals surface area contributed by atoms with Crippen molar-refractivity contribution in [3.05, 3.63) is 12.2 Å². The number of nitrogens with zero attached hydrogens (tertiary/aromatic N) is 4. The molecule has 1 atom stereocenters. The molecule has 0 spiro atoms. The molecule has 110 valence electrons. The fraction of sp³-hybridized carbons (Fsp3) is 0.786. The van der Waals surface area contributed by atoms with E-state index in [1.807, 2.05) is 11.2 Å². The maximum Gasteiger partial charge on any atom is 0.317 e. The number of likely N-dealkylation sites (tertiary alicyclic amines) is 1. The average Bonchev–Trinajstić information content (AvgIpc) is 2.96. The van der Waals surface area contributed by atoms with Gasteiger partial charge in [-0.25, -0.2) is 4.79 Å². The molecule has 6 nitrogen and oxygen atoms in total. The Morgan fingerprint density at radius 1 is 1.45 bits per heavy atom. The van der Waals surface area contributed by atoms with Crippen molar-refractivity contribution in [2.45, 2.75) is 45.1 Å². The number of amides is 2. The van der Waals surface area contributed by atoms with Gasteiger partial charge in [0.2, 0.25) is 0 Å². The first kappa shape index (κ1) is 13.4. The first-order valence-electron chi connectivity index (χ1n) is 7.57. The topological polar surface area (TPSA) is 63.1 Å². The second kappa shape index (κ2) is 5.42. The summed E-state index contributed by atoms with van der Waals surface area (Å²) >= 11 is 0. The van der Waals surface area contributed by atoms with Gasteiger partial charge in [0, 0.05) is 25.6 Å². The van der Waals surface area contributed by atoms with Crippen LogP contribution in [0.4, 0.5) is 4.79 Å². The molecule has 2 fully saturated rings. The van der Waals surface area contributed by atoms with E-state index in [1.165, 1.54) is 12.8 Å². The highest BCUT2D eigenvalue weighted by atomic mass is 16.2. The maximum absolute atomic E-state index is 12.1. The molecule has 6 heteroatoms. The normalized spacial score (nSPS) is 22.6. The van der Waals surface area contributed by atoms with Gasteiger partial charge in [-0.15, -0.1) is 10.2 Å². The largest absolute Gasteiger partial charge is 0.338 e. The van der Waals surface area contributed by atoms with Gasteiger partial charge in [0.25, 0.3) is 0 Å². The zero-order chi connectivity index (χ0) is 14.1. The molecule has 1 aromatic rings. The molecule has 20 heavy (non-hydrogen) atoms. The summed E-state index contributed by atoms with van der Waals surface area (Å²) in [5.74, 6) is 2.19. The van der Waals surface area contributed by atoms with E-state index in [9.17, 15) is 4.79 Å². The summed E-state index contributed by atoms with van der Waals surface area (Å²) in [5.41, 5.74) is 0. The van der Waals surface area contributed by atoms with Crippen molar-refractivity contribution >= 4 is 6.03 Å². The maximum atomic E-state index is 12.1. The highest BCUT2D eigenvalue weighted by molar-refractivity contribution is 5.74. The van der Waals surface area contributed by atoms with Gasteiger partial charge < -0.3 is 14.8 Å². The van der Waals surface area contributed by atoms with Crippen LogP contribution in [0.2, 0.25) is 0 Å². The van der Waals surface area contributed by atoms with Gasteiger partial charge >= 0.3 is 6.03 Å². The molecule has 0 bridgehead atoms. The zero-order valence-electron chi connectivity index (χ0n) is 12.2. The minimum atomic E-state index is 0.0576. The average molecular weight is 277 g/mol. The van der Waals surface area contributed by atoms with Crippen LogP contribution in [0.1, 0.15) is 50.9 Å². The fourth-order valence-electron chi connectivity index (χ4n) is 2.72. The molecule has 1 aliphatic heterocycles. The molecular formula is C14H23N5O. The van der Waals surface area contributed by atoms with Crippen LogP contribution in [0.3, 0.4) is 0 Å². The van der Waals surface area contributed by atoms with Crippen molar-refractivity contribution in [1.82, 2.24) is 25.0 Å². The van der Waals surface area contributed by atoms with Gasteiger partial charge in [-0.05, 0) is 25.2 Å². The predicted molar refractivity (Wildman–Crippen MR) is 75.5 cm³/mol. The highest BCUT2D eigenvalue weighted by Gasteiger charge is 2.34. The third kappa shape index (κ3) is 2.78. The summed E-state index contributed by atoms with van der Waals surface area (Å²) < 4.78 is 2.19. The van der Waals surface area contributed by atoms with E-state index in [0.717, 1.165) is 31.9 Å². The number of urea groups is 1. The molecule has 3 rings (SSSR count). The molecule has 2 aliphatic rings. The molecule has 1 aliphatic carbocycles. The number of hydrogen-bond acceptors (Lipinski definition) is 3. The van der Waals surface area contributed by atoms with E-state index in [-0.39, 0.29) is 6.03 Å². The van der Waals surface area contributed by atoms with E-state index in [0.29, 0.717) is 17.9 Å². The number of nitrogens with one attached hydrogen (secondary N) is 1. The third-order valence-electron chi connectivity index (χ3n) is 4.05. The lowest BCUT2D eigenvalue weighted by atomic mass is 10.2. The van der Waals surface area contributed by atoms with Gasteiger partial charge in [-0.3, -0.25) is 0 Å². The molecule has 1 N–H and O–H groups in total. The van der Waals surface area contributed by atoms with Crippen molar-refractivity contribution in [1.29, 1.82) is 0 Å². The summed E-state index contributed by atoms with van der Waals surface area (Å²) in [4.78, 5) is 14.0. The summed E-state index contributed by atoms with van der Waals surface area (Å²) in [6, 6.07) is 0.396. The van der Waals surface area contributed by atoms with Crippen molar-refractivity contribution in [2.75, 3.05) is 19.6 Å². The number of carbonyl (C=O) groups excluding carboxylic acids is 1. The van der Waals surface area contributed by atoms with Gasteiger partial charge in [0.05, 0.1) is 6.04 Å². The Hall–Kier alpha value is -1.59. The van der Waals surface area contributed by atoms with Gasteiger partial charge in [0.1, 0.15) is 12.2 Å². The predicted octanol–water partition coefficient (Wildman–Crippen LogP) is 1.77. The fourth-order valence-corrected chi connectivity index (χ4v) is 2.72. The van der Waals surface area contributed by atoms with Gasteiger partial charge in [-0.2, -0.15) is 0 Å². The van der Waals surface area contributed by atoms with Crippen LogP contribution < -0.4 is 5.32 Å². The molecule has 1 saturated heterocycles. The monoisotopic (exact) mass is 277 g/mol. The Morgan fingerprint density at radius 2 is 2.25 bits per heavy atom. The first-order chi connectivity index (χ1) is 9.65. The van der Waals surface area contributed by atoms with Crippen LogP contribution in [-0.2, 0) is 0 Å². The number of carbonyl (C=O) groups is 1. The summed E-state index contributed by atoms with van der Waals surface area (Å²) in [6.45, 7) is 6.52. The molecule has 1 unspecified atom stereocenters. The van der Waals surface area contributed by atoms with Gasteiger partial charge in [0.15, 0.2) is 0 Å². The molecular weight excluding hydrogens is 254 g/mol. The number of aromatic nitrogens is 3. The van der Waals surface area contributed by atoms with Crippen molar-refractivity contribution < 1.29 is 4.79 Å². The standard InChI is InChI=1S/C14H23N5O/c1-10(2)7-15-14(20)18-6-5-12(8-18)19-9-16-17-13(19)11-3-4-11/h9-12H,3-8H2,1-2H3,(H,15,20). The molecule has 2 amide bonds. The number of rotatable bonds is 4. The van der Waals surface area contributed by atoms with Crippen LogP contribution in [0.25, 0.3) is 0 Å². The highest BCUT2D eigenvalue weighted by Crippen LogP contribution is 2.40. The summed E-state index contributed by atoms with van der Waals surface area (Å²) in [7, 11) is 0. The zero-order valence-corrected chi connectivity index (χ0v) is 12.2. The van der Waals surface area contributed by atoms with E-state index in [1.54, 1.807) is 0 Å². The van der Waals surface area contributed by atoms with Crippen molar-refractivity contribution in [3.63, 3.8) is 0 Å². The number of hydrogen-bond donors (Lipinski definition) is 1. The summed E-state index contributed by atoms with van der Waals surface area (Å²) in [6.07, 6.45) is 5.27. The Bertz CT molecular complexity index is 480. The Balaban J connectivity index is 1.58. The van der Waals surface area contributed by atoms with Crippen LogP contribution in [0.15, 0.2) is 6.33 Å². The molecule has 0 radical (unpaired) electrons. The Labute approximate surface area is 119 Å².